The van der Waals surface area contributed by atoms with E-state index in [4.69, 9.17) is 12.2 Å². The zero-order valence-electron chi connectivity index (χ0n) is 8.07. The second kappa shape index (κ2) is 4.25. The summed E-state index contributed by atoms with van der Waals surface area (Å²) in [5, 5.41) is -1.42. The zero-order chi connectivity index (χ0) is 11.8. The topological polar surface area (TPSA) is 3.24 Å². The molecular formula is C10H8F3NS2. The van der Waals surface area contributed by atoms with Crippen molar-refractivity contribution >= 4 is 34.0 Å². The average molecular weight is 263 g/mol. The molecule has 1 nitrogen and oxygen atoms in total. The molecule has 1 aromatic rings. The minimum Gasteiger partial charge on any atom is -0.326 e. The van der Waals surface area contributed by atoms with Crippen LogP contribution in [0.5, 0.6) is 0 Å². The summed E-state index contributed by atoms with van der Waals surface area (Å²) in [6.45, 7) is -0.100. The van der Waals surface area contributed by atoms with E-state index < -0.39 is 11.4 Å². The van der Waals surface area contributed by atoms with Crippen molar-refractivity contribution in [2.24, 2.45) is 0 Å². The van der Waals surface area contributed by atoms with E-state index in [-0.39, 0.29) is 10.9 Å². The summed E-state index contributed by atoms with van der Waals surface area (Å²) in [5.41, 5.74) is 0.715. The van der Waals surface area contributed by atoms with Crippen LogP contribution >= 0.6 is 24.0 Å². The molecular weight excluding hydrogens is 255 g/mol. The molecule has 1 aliphatic rings. The molecule has 1 aliphatic heterocycles. The maximum absolute atomic E-state index is 12.5. The van der Waals surface area contributed by atoms with Crippen LogP contribution in [0.15, 0.2) is 30.3 Å². The Morgan fingerprint density at radius 3 is 2.38 bits per heavy atom. The van der Waals surface area contributed by atoms with E-state index in [2.05, 4.69) is 0 Å². The molecule has 1 aromatic carbocycles. The monoisotopic (exact) mass is 263 g/mol. The summed E-state index contributed by atoms with van der Waals surface area (Å²) in [6, 6.07) is 8.89. The number of alkyl halides is 3. The highest BCUT2D eigenvalue weighted by molar-refractivity contribution is 8.24. The van der Waals surface area contributed by atoms with Gasteiger partial charge in [0.25, 0.3) is 0 Å². The van der Waals surface area contributed by atoms with Crippen LogP contribution in [0.1, 0.15) is 0 Å². The highest BCUT2D eigenvalue weighted by Gasteiger charge is 2.46. The van der Waals surface area contributed by atoms with Crippen LogP contribution < -0.4 is 4.90 Å². The normalized spacial score (nSPS) is 21.6. The van der Waals surface area contributed by atoms with E-state index in [1.165, 1.54) is 4.90 Å². The third-order valence-corrected chi connectivity index (χ3v) is 3.88. The van der Waals surface area contributed by atoms with Gasteiger partial charge in [0, 0.05) is 12.2 Å². The largest absolute Gasteiger partial charge is 0.402 e. The van der Waals surface area contributed by atoms with Gasteiger partial charge in [-0.3, -0.25) is 0 Å². The van der Waals surface area contributed by atoms with E-state index in [1.807, 2.05) is 6.07 Å². The minimum absolute atomic E-state index is 0.100. The van der Waals surface area contributed by atoms with Crippen LogP contribution in [0, 0.1) is 0 Å². The number of hydrogen-bond donors (Lipinski definition) is 0. The molecule has 16 heavy (non-hydrogen) atoms. The van der Waals surface area contributed by atoms with Gasteiger partial charge in [-0.1, -0.05) is 42.2 Å². The van der Waals surface area contributed by atoms with E-state index in [0.717, 1.165) is 0 Å². The highest BCUT2D eigenvalue weighted by Crippen LogP contribution is 2.39. The minimum atomic E-state index is -4.20. The maximum Gasteiger partial charge on any atom is 0.402 e. The van der Waals surface area contributed by atoms with Crippen molar-refractivity contribution in [3.63, 3.8) is 0 Å². The molecule has 0 aliphatic carbocycles. The number of hydrogen-bond acceptors (Lipinski definition) is 2. The summed E-state index contributed by atoms with van der Waals surface area (Å²) in [6.07, 6.45) is -4.20. The number of anilines is 1. The van der Waals surface area contributed by atoms with Crippen molar-refractivity contribution in [2.75, 3.05) is 11.4 Å². The smallest absolute Gasteiger partial charge is 0.326 e. The summed E-state index contributed by atoms with van der Waals surface area (Å²) in [4.78, 5) is 1.53. The lowest BCUT2D eigenvalue weighted by atomic mass is 10.3. The highest BCUT2D eigenvalue weighted by atomic mass is 32.2. The molecule has 0 radical (unpaired) electrons. The van der Waals surface area contributed by atoms with E-state index in [1.54, 1.807) is 24.3 Å². The van der Waals surface area contributed by atoms with Gasteiger partial charge < -0.3 is 4.90 Å². The first kappa shape index (κ1) is 11.7. The van der Waals surface area contributed by atoms with Crippen LogP contribution in [-0.2, 0) is 0 Å². The Morgan fingerprint density at radius 1 is 1.25 bits per heavy atom. The van der Waals surface area contributed by atoms with Gasteiger partial charge in [0.1, 0.15) is 9.57 Å². The van der Waals surface area contributed by atoms with E-state index in [9.17, 15) is 13.2 Å². The Morgan fingerprint density at radius 2 is 1.88 bits per heavy atom. The second-order valence-electron chi connectivity index (χ2n) is 3.36. The summed E-state index contributed by atoms with van der Waals surface area (Å²) >= 11 is 5.67. The summed E-state index contributed by atoms with van der Waals surface area (Å²) < 4.78 is 37.8. The van der Waals surface area contributed by atoms with Gasteiger partial charge in [0.15, 0.2) is 0 Å². The fraction of sp³-hybridized carbons (Fsp3) is 0.300. The standard InChI is InChI=1S/C10H8F3NS2/c11-10(12,13)8-6-14(9(15)16-8)7-4-2-1-3-5-7/h1-5,8H,6H2. The van der Waals surface area contributed by atoms with Gasteiger partial charge in [-0.25, -0.2) is 0 Å². The van der Waals surface area contributed by atoms with Gasteiger partial charge in [-0.2, -0.15) is 13.2 Å². The molecule has 1 unspecified atom stereocenters. The fourth-order valence-corrected chi connectivity index (χ4v) is 2.89. The molecule has 0 N–H and O–H groups in total. The number of benzene rings is 1. The van der Waals surface area contributed by atoms with Crippen LogP contribution in [0.25, 0.3) is 0 Å². The first-order chi connectivity index (χ1) is 7.48. The number of halogens is 3. The van der Waals surface area contributed by atoms with Crippen LogP contribution in [0.2, 0.25) is 0 Å². The predicted octanol–water partition coefficient (Wildman–Crippen LogP) is 3.46. The molecule has 2 rings (SSSR count). The van der Waals surface area contributed by atoms with Crippen LogP contribution in [-0.4, -0.2) is 22.3 Å². The number of thioether (sulfide) groups is 1. The Balaban J connectivity index is 2.18. The van der Waals surface area contributed by atoms with Crippen molar-refractivity contribution in [3.8, 4) is 0 Å². The fourth-order valence-electron chi connectivity index (χ4n) is 1.45. The molecule has 86 valence electrons. The third kappa shape index (κ3) is 2.32. The molecule has 1 heterocycles. The lowest BCUT2D eigenvalue weighted by molar-refractivity contribution is -0.125. The third-order valence-electron chi connectivity index (χ3n) is 2.24. The summed E-state index contributed by atoms with van der Waals surface area (Å²) in [7, 11) is 0. The quantitative estimate of drug-likeness (QED) is 0.714. The Hall–Kier alpha value is -0.750. The Kier molecular flexibility index (Phi) is 3.12. The van der Waals surface area contributed by atoms with Crippen molar-refractivity contribution < 1.29 is 13.2 Å². The van der Waals surface area contributed by atoms with Gasteiger partial charge in [0.05, 0.1) is 0 Å². The molecule has 0 amide bonds. The van der Waals surface area contributed by atoms with Crippen LogP contribution in [0.4, 0.5) is 18.9 Å². The van der Waals surface area contributed by atoms with Crippen molar-refractivity contribution in [2.45, 2.75) is 11.4 Å². The molecule has 0 bridgehead atoms. The van der Waals surface area contributed by atoms with E-state index >= 15 is 0 Å². The van der Waals surface area contributed by atoms with Gasteiger partial charge in [0.2, 0.25) is 0 Å². The molecule has 1 fully saturated rings. The molecule has 0 spiro atoms. The number of nitrogens with zero attached hydrogens (tertiary/aromatic N) is 1. The molecule has 0 saturated carbocycles. The summed E-state index contributed by atoms with van der Waals surface area (Å²) in [5.74, 6) is 0. The van der Waals surface area contributed by atoms with Crippen molar-refractivity contribution in [3.05, 3.63) is 30.3 Å². The first-order valence-corrected chi connectivity index (χ1v) is 5.87. The predicted molar refractivity (Wildman–Crippen MR) is 63.8 cm³/mol. The molecule has 1 saturated heterocycles. The van der Waals surface area contributed by atoms with Crippen molar-refractivity contribution in [1.82, 2.24) is 0 Å². The molecule has 0 aromatic heterocycles. The zero-order valence-corrected chi connectivity index (χ0v) is 9.70. The Bertz CT molecular complexity index is 391. The van der Waals surface area contributed by atoms with Crippen molar-refractivity contribution in [1.29, 1.82) is 0 Å². The number of thiocarbonyl (C=S) groups is 1. The van der Waals surface area contributed by atoms with E-state index in [0.29, 0.717) is 17.4 Å². The lowest BCUT2D eigenvalue weighted by Gasteiger charge is -2.17. The first-order valence-electron chi connectivity index (χ1n) is 4.58. The van der Waals surface area contributed by atoms with Gasteiger partial charge in [-0.15, -0.1) is 0 Å². The average Bonchev–Trinajstić information content (AvgIpc) is 2.61. The van der Waals surface area contributed by atoms with Crippen LogP contribution in [0.3, 0.4) is 0 Å². The molecule has 6 heteroatoms. The SMILES string of the molecule is FC(F)(F)C1CN(c2ccccc2)C(=S)S1. The van der Waals surface area contributed by atoms with Gasteiger partial charge >= 0.3 is 6.18 Å². The lowest BCUT2D eigenvalue weighted by Crippen LogP contribution is -2.31. The second-order valence-corrected chi connectivity index (χ2v) is 5.20. The number of rotatable bonds is 1. The maximum atomic E-state index is 12.5. The van der Waals surface area contributed by atoms with Gasteiger partial charge in [-0.05, 0) is 12.1 Å². The molecule has 1 atom stereocenters. The number of para-hydroxylation sites is 1. The Labute approximate surface area is 101 Å².